The monoisotopic (exact) mass is 126 g/mol. The van der Waals surface area contributed by atoms with E-state index in [9.17, 15) is 0 Å². The van der Waals surface area contributed by atoms with E-state index in [1.165, 1.54) is 12.8 Å². The third-order valence-corrected chi connectivity index (χ3v) is 1.62. The zero-order valence-corrected chi connectivity index (χ0v) is 7.07. The second-order valence-electron chi connectivity index (χ2n) is 2.70. The molecule has 0 heteroatoms. The number of allylic oxidation sites excluding steroid dienone is 2. The molecule has 0 saturated heterocycles. The molecular formula is C9H18. The highest BCUT2D eigenvalue weighted by molar-refractivity contribution is 5.03. The molecule has 0 spiro atoms. The molecule has 0 radical (unpaired) electrons. The molecule has 54 valence electrons. The van der Waals surface area contributed by atoms with Gasteiger partial charge in [0.05, 0.1) is 0 Å². The quantitative estimate of drug-likeness (QED) is 0.508. The van der Waals surface area contributed by atoms with E-state index in [0.717, 1.165) is 5.92 Å². The van der Waals surface area contributed by atoms with Crippen LogP contribution in [0, 0.1) is 5.92 Å². The standard InChI is InChI=1S/C9H18/c1-5-7-9(6-2)8(3)4/h7-8H,5-6H2,1-4H3/b9-7-. The van der Waals surface area contributed by atoms with E-state index in [1.54, 1.807) is 5.57 Å². The molecular weight excluding hydrogens is 108 g/mol. The molecule has 0 rings (SSSR count). The number of hydrogen-bond donors (Lipinski definition) is 0. The number of rotatable bonds is 3. The number of hydrogen-bond acceptors (Lipinski definition) is 0. The molecule has 0 amide bonds. The lowest BCUT2D eigenvalue weighted by molar-refractivity contribution is 0.725. The first-order valence-electron chi connectivity index (χ1n) is 3.91. The summed E-state index contributed by atoms with van der Waals surface area (Å²) in [5.74, 6) is 0.745. The second-order valence-corrected chi connectivity index (χ2v) is 2.70. The summed E-state index contributed by atoms with van der Waals surface area (Å²) in [6, 6.07) is 0. The zero-order chi connectivity index (χ0) is 7.28. The Kier molecular flexibility index (Phi) is 4.47. The van der Waals surface area contributed by atoms with Crippen LogP contribution < -0.4 is 0 Å². The van der Waals surface area contributed by atoms with Gasteiger partial charge in [0.25, 0.3) is 0 Å². The van der Waals surface area contributed by atoms with Gasteiger partial charge in [0, 0.05) is 0 Å². The Morgan fingerprint density at radius 2 is 1.89 bits per heavy atom. The average Bonchev–Trinajstić information content (AvgIpc) is 1.82. The van der Waals surface area contributed by atoms with Gasteiger partial charge in [0.2, 0.25) is 0 Å². The third kappa shape index (κ3) is 3.34. The third-order valence-electron chi connectivity index (χ3n) is 1.62. The lowest BCUT2D eigenvalue weighted by Gasteiger charge is -2.06. The molecule has 0 aliphatic heterocycles. The second kappa shape index (κ2) is 4.60. The molecule has 9 heavy (non-hydrogen) atoms. The Balaban J connectivity index is 3.81. The Morgan fingerprint density at radius 3 is 2.00 bits per heavy atom. The molecule has 0 saturated carbocycles. The van der Waals surface area contributed by atoms with Gasteiger partial charge < -0.3 is 0 Å². The summed E-state index contributed by atoms with van der Waals surface area (Å²) >= 11 is 0. The van der Waals surface area contributed by atoms with Gasteiger partial charge in [-0.25, -0.2) is 0 Å². The predicted octanol–water partition coefficient (Wildman–Crippen LogP) is 3.39. The van der Waals surface area contributed by atoms with Crippen LogP contribution in [-0.4, -0.2) is 0 Å². The molecule has 0 nitrogen and oxygen atoms in total. The van der Waals surface area contributed by atoms with Gasteiger partial charge in [0.1, 0.15) is 0 Å². The van der Waals surface area contributed by atoms with E-state index in [2.05, 4.69) is 33.8 Å². The van der Waals surface area contributed by atoms with Crippen LogP contribution in [0.3, 0.4) is 0 Å². The summed E-state index contributed by atoms with van der Waals surface area (Å²) in [4.78, 5) is 0. The van der Waals surface area contributed by atoms with Crippen LogP contribution in [0.1, 0.15) is 40.5 Å². The summed E-state index contributed by atoms with van der Waals surface area (Å²) in [6.07, 6.45) is 4.73. The fourth-order valence-electron chi connectivity index (χ4n) is 1.05. The van der Waals surface area contributed by atoms with Crippen LogP contribution in [-0.2, 0) is 0 Å². The molecule has 0 N–H and O–H groups in total. The summed E-state index contributed by atoms with van der Waals surface area (Å²) < 4.78 is 0. The fraction of sp³-hybridized carbons (Fsp3) is 0.778. The Bertz CT molecular complexity index is 88.2. The minimum atomic E-state index is 0.745. The van der Waals surface area contributed by atoms with Crippen molar-refractivity contribution in [3.63, 3.8) is 0 Å². The Hall–Kier alpha value is -0.260. The maximum atomic E-state index is 2.34. The van der Waals surface area contributed by atoms with E-state index < -0.39 is 0 Å². The van der Waals surface area contributed by atoms with Crippen molar-refractivity contribution in [3.05, 3.63) is 11.6 Å². The zero-order valence-electron chi connectivity index (χ0n) is 7.07. The smallest absolute Gasteiger partial charge is 0.0260 e. The van der Waals surface area contributed by atoms with Crippen LogP contribution in [0.5, 0.6) is 0 Å². The van der Waals surface area contributed by atoms with E-state index in [-0.39, 0.29) is 0 Å². The maximum Gasteiger partial charge on any atom is -0.0260 e. The minimum absolute atomic E-state index is 0.745. The normalized spacial score (nSPS) is 12.8. The molecule has 0 aromatic carbocycles. The van der Waals surface area contributed by atoms with Gasteiger partial charge >= 0.3 is 0 Å². The van der Waals surface area contributed by atoms with Crippen molar-refractivity contribution in [2.75, 3.05) is 0 Å². The Labute approximate surface area is 59.0 Å². The van der Waals surface area contributed by atoms with Crippen LogP contribution in [0.15, 0.2) is 11.6 Å². The van der Waals surface area contributed by atoms with Crippen molar-refractivity contribution in [2.45, 2.75) is 40.5 Å². The molecule has 0 aliphatic rings. The highest BCUT2D eigenvalue weighted by Gasteiger charge is 1.96. The van der Waals surface area contributed by atoms with Gasteiger partial charge in [0.15, 0.2) is 0 Å². The van der Waals surface area contributed by atoms with Gasteiger partial charge in [-0.2, -0.15) is 0 Å². The van der Waals surface area contributed by atoms with Gasteiger partial charge in [-0.15, -0.1) is 0 Å². The molecule has 0 fully saturated rings. The van der Waals surface area contributed by atoms with Crippen molar-refractivity contribution < 1.29 is 0 Å². The molecule has 0 aliphatic carbocycles. The highest BCUT2D eigenvalue weighted by atomic mass is 14.0. The summed E-state index contributed by atoms with van der Waals surface area (Å²) in [5, 5.41) is 0. The van der Waals surface area contributed by atoms with Crippen LogP contribution >= 0.6 is 0 Å². The van der Waals surface area contributed by atoms with E-state index in [0.29, 0.717) is 0 Å². The first kappa shape index (κ1) is 8.74. The van der Waals surface area contributed by atoms with E-state index >= 15 is 0 Å². The highest BCUT2D eigenvalue weighted by Crippen LogP contribution is 2.13. The summed E-state index contributed by atoms with van der Waals surface area (Å²) in [6.45, 7) is 8.93. The molecule has 0 unspecified atom stereocenters. The summed E-state index contributed by atoms with van der Waals surface area (Å²) in [7, 11) is 0. The first-order chi connectivity index (χ1) is 4.22. The van der Waals surface area contributed by atoms with Crippen molar-refractivity contribution in [3.8, 4) is 0 Å². The van der Waals surface area contributed by atoms with Crippen molar-refractivity contribution in [2.24, 2.45) is 5.92 Å². The predicted molar refractivity (Wildman–Crippen MR) is 43.5 cm³/mol. The van der Waals surface area contributed by atoms with Crippen LogP contribution in [0.25, 0.3) is 0 Å². The molecule has 0 bridgehead atoms. The largest absolute Gasteiger partial charge is 0.0854 e. The van der Waals surface area contributed by atoms with Crippen molar-refractivity contribution >= 4 is 0 Å². The fourth-order valence-corrected chi connectivity index (χ4v) is 1.05. The molecule has 0 heterocycles. The van der Waals surface area contributed by atoms with Gasteiger partial charge in [-0.05, 0) is 18.8 Å². The lowest BCUT2D eigenvalue weighted by Crippen LogP contribution is -1.91. The molecule has 0 atom stereocenters. The first-order valence-corrected chi connectivity index (χ1v) is 3.91. The van der Waals surface area contributed by atoms with Crippen molar-refractivity contribution in [1.29, 1.82) is 0 Å². The van der Waals surface area contributed by atoms with Crippen LogP contribution in [0.2, 0.25) is 0 Å². The van der Waals surface area contributed by atoms with E-state index in [1.807, 2.05) is 0 Å². The van der Waals surface area contributed by atoms with Crippen molar-refractivity contribution in [1.82, 2.24) is 0 Å². The maximum absolute atomic E-state index is 2.34. The molecule has 0 aromatic rings. The topological polar surface area (TPSA) is 0 Å². The van der Waals surface area contributed by atoms with Gasteiger partial charge in [-0.3, -0.25) is 0 Å². The Morgan fingerprint density at radius 1 is 1.33 bits per heavy atom. The SMILES string of the molecule is CC/C=C(/CC)C(C)C. The molecule has 0 aromatic heterocycles. The van der Waals surface area contributed by atoms with E-state index in [4.69, 9.17) is 0 Å². The minimum Gasteiger partial charge on any atom is -0.0854 e. The summed E-state index contributed by atoms with van der Waals surface area (Å²) in [5.41, 5.74) is 1.59. The van der Waals surface area contributed by atoms with Crippen LogP contribution in [0.4, 0.5) is 0 Å². The van der Waals surface area contributed by atoms with Gasteiger partial charge in [-0.1, -0.05) is 39.3 Å². The average molecular weight is 126 g/mol. The lowest BCUT2D eigenvalue weighted by atomic mass is 10.0.